The third-order valence-electron chi connectivity index (χ3n) is 4.56. The lowest BCUT2D eigenvalue weighted by Gasteiger charge is -2.47. The largest absolute Gasteiger partial charge is 0.371 e. The number of hydrogen-bond donors (Lipinski definition) is 0. The summed E-state index contributed by atoms with van der Waals surface area (Å²) in [4.78, 5) is 20.8. The van der Waals surface area contributed by atoms with E-state index >= 15 is 0 Å². The second-order valence-electron chi connectivity index (χ2n) is 6.52. The van der Waals surface area contributed by atoms with Gasteiger partial charge in [0, 0.05) is 29.9 Å². The molecular formula is C18H20N2O2S2. The maximum atomic E-state index is 12.5. The number of nitrogens with zero attached hydrogens (tertiary/aromatic N) is 2. The molecule has 1 atom stereocenters. The van der Waals surface area contributed by atoms with Crippen LogP contribution in [0.15, 0.2) is 36.5 Å². The highest BCUT2D eigenvalue weighted by Crippen LogP contribution is 2.46. The molecule has 4 rings (SSSR count). The number of amides is 1. The van der Waals surface area contributed by atoms with E-state index in [2.05, 4.69) is 4.98 Å². The first-order valence-corrected chi connectivity index (χ1v) is 9.95. The lowest BCUT2D eigenvalue weighted by atomic mass is 9.92. The Bertz CT molecular complexity index is 726. The number of hydrogen-bond acceptors (Lipinski definition) is 5. The minimum Gasteiger partial charge on any atom is -0.371 e. The number of ether oxygens (including phenoxy) is 1. The summed E-state index contributed by atoms with van der Waals surface area (Å²) in [5.74, 6) is 1.18. The number of aromatic nitrogens is 1. The van der Waals surface area contributed by atoms with Gasteiger partial charge in [-0.15, -0.1) is 23.1 Å². The fourth-order valence-corrected chi connectivity index (χ4v) is 5.70. The number of thioether (sulfide) groups is 1. The van der Waals surface area contributed by atoms with E-state index in [0.29, 0.717) is 6.61 Å². The molecule has 0 aliphatic carbocycles. The summed E-state index contributed by atoms with van der Waals surface area (Å²) in [5.41, 5.74) is 0.974. The third-order valence-corrected chi connectivity index (χ3v) is 7.13. The second kappa shape index (κ2) is 6.50. The summed E-state index contributed by atoms with van der Waals surface area (Å²) in [6.07, 6.45) is 3.08. The Kier molecular flexibility index (Phi) is 4.37. The Balaban J connectivity index is 1.28. The summed E-state index contributed by atoms with van der Waals surface area (Å²) in [7, 11) is 0. The van der Waals surface area contributed by atoms with Crippen LogP contribution in [-0.2, 0) is 11.3 Å². The van der Waals surface area contributed by atoms with E-state index in [1.807, 2.05) is 53.9 Å². The standard InChI is InChI=1S/C18H20N2O2S2/c1-13-5-6-16(24-13)17(21)20-11-18(12-20)8-15(10-23-18)22-9-14-4-2-3-7-19-14/h2-7,15H,8-12H2,1H3. The van der Waals surface area contributed by atoms with Gasteiger partial charge in [0.05, 0.1) is 28.0 Å². The van der Waals surface area contributed by atoms with Crippen molar-refractivity contribution in [2.75, 3.05) is 18.8 Å². The Morgan fingerprint density at radius 3 is 2.96 bits per heavy atom. The topological polar surface area (TPSA) is 42.4 Å². The molecule has 4 heterocycles. The van der Waals surface area contributed by atoms with E-state index in [1.54, 1.807) is 17.5 Å². The molecule has 6 heteroatoms. The molecule has 2 aliphatic heterocycles. The molecule has 1 amide bonds. The molecule has 2 aromatic rings. The van der Waals surface area contributed by atoms with Crippen LogP contribution in [0, 0.1) is 6.92 Å². The van der Waals surface area contributed by atoms with Gasteiger partial charge in [-0.3, -0.25) is 9.78 Å². The van der Waals surface area contributed by atoms with Crippen LogP contribution >= 0.6 is 23.1 Å². The predicted octanol–water partition coefficient (Wildman–Crippen LogP) is 3.37. The highest BCUT2D eigenvalue weighted by Gasteiger charge is 2.51. The number of rotatable bonds is 4. The maximum Gasteiger partial charge on any atom is 0.264 e. The molecule has 1 spiro atoms. The molecule has 126 valence electrons. The van der Waals surface area contributed by atoms with E-state index in [1.165, 1.54) is 4.88 Å². The number of thiophene rings is 1. The average molecular weight is 361 g/mol. The quantitative estimate of drug-likeness (QED) is 0.838. The highest BCUT2D eigenvalue weighted by atomic mass is 32.2. The summed E-state index contributed by atoms with van der Waals surface area (Å²) in [6.45, 7) is 4.29. The molecule has 2 aliphatic rings. The zero-order valence-electron chi connectivity index (χ0n) is 13.6. The van der Waals surface area contributed by atoms with Crippen molar-refractivity contribution in [1.82, 2.24) is 9.88 Å². The molecule has 2 aromatic heterocycles. The van der Waals surface area contributed by atoms with Gasteiger partial charge in [-0.1, -0.05) is 6.07 Å². The zero-order chi connectivity index (χ0) is 16.6. The number of carbonyl (C=O) groups excluding carboxylic acids is 1. The Hall–Kier alpha value is -1.37. The molecule has 0 bridgehead atoms. The van der Waals surface area contributed by atoms with Crippen molar-refractivity contribution in [2.45, 2.75) is 30.8 Å². The Morgan fingerprint density at radius 1 is 1.38 bits per heavy atom. The fraction of sp³-hybridized carbons (Fsp3) is 0.444. The van der Waals surface area contributed by atoms with Gasteiger partial charge in [-0.25, -0.2) is 0 Å². The number of aryl methyl sites for hydroxylation is 1. The zero-order valence-corrected chi connectivity index (χ0v) is 15.2. The number of pyridine rings is 1. The van der Waals surface area contributed by atoms with Crippen molar-refractivity contribution in [1.29, 1.82) is 0 Å². The monoisotopic (exact) mass is 360 g/mol. The summed E-state index contributed by atoms with van der Waals surface area (Å²) < 4.78 is 6.22. The van der Waals surface area contributed by atoms with Gasteiger partial charge >= 0.3 is 0 Å². The molecule has 4 nitrogen and oxygen atoms in total. The smallest absolute Gasteiger partial charge is 0.264 e. The normalized spacial score (nSPS) is 21.9. The molecule has 0 N–H and O–H groups in total. The maximum absolute atomic E-state index is 12.5. The van der Waals surface area contributed by atoms with Crippen LogP contribution in [0.5, 0.6) is 0 Å². The van der Waals surface area contributed by atoms with Crippen molar-refractivity contribution < 1.29 is 9.53 Å². The minimum absolute atomic E-state index is 0.178. The van der Waals surface area contributed by atoms with E-state index in [9.17, 15) is 4.79 Å². The van der Waals surface area contributed by atoms with Crippen LogP contribution < -0.4 is 0 Å². The van der Waals surface area contributed by atoms with Gasteiger partial charge in [0.15, 0.2) is 0 Å². The first-order valence-electron chi connectivity index (χ1n) is 8.15. The van der Waals surface area contributed by atoms with Crippen LogP contribution in [0.25, 0.3) is 0 Å². The Morgan fingerprint density at radius 2 is 2.25 bits per heavy atom. The van der Waals surface area contributed by atoms with Crippen molar-refractivity contribution in [3.63, 3.8) is 0 Å². The molecule has 0 aromatic carbocycles. The van der Waals surface area contributed by atoms with Crippen LogP contribution in [-0.4, -0.2) is 45.5 Å². The summed E-state index contributed by atoms with van der Waals surface area (Å²) in [5, 5.41) is 0. The SMILES string of the molecule is Cc1ccc(C(=O)N2CC3(CC(OCc4ccccn4)CS3)C2)s1. The predicted molar refractivity (Wildman–Crippen MR) is 97.6 cm³/mol. The second-order valence-corrected chi connectivity index (χ2v) is 9.30. The van der Waals surface area contributed by atoms with Crippen LogP contribution in [0.3, 0.4) is 0 Å². The summed E-state index contributed by atoms with van der Waals surface area (Å²) >= 11 is 3.54. The van der Waals surface area contributed by atoms with Crippen LogP contribution in [0.4, 0.5) is 0 Å². The molecule has 2 saturated heterocycles. The first-order chi connectivity index (χ1) is 11.6. The van der Waals surface area contributed by atoms with Gasteiger partial charge in [0.2, 0.25) is 0 Å². The van der Waals surface area contributed by atoms with Gasteiger partial charge in [-0.05, 0) is 37.6 Å². The van der Waals surface area contributed by atoms with Crippen LogP contribution in [0.2, 0.25) is 0 Å². The molecule has 0 saturated carbocycles. The average Bonchev–Trinajstić information content (AvgIpc) is 3.18. The van der Waals surface area contributed by atoms with Crippen molar-refractivity contribution >= 4 is 29.0 Å². The van der Waals surface area contributed by atoms with E-state index in [0.717, 1.165) is 35.8 Å². The molecule has 2 fully saturated rings. The number of likely N-dealkylation sites (tertiary alicyclic amines) is 1. The van der Waals surface area contributed by atoms with Crippen molar-refractivity contribution in [3.8, 4) is 0 Å². The first kappa shape index (κ1) is 16.1. The van der Waals surface area contributed by atoms with Gasteiger partial charge in [0.25, 0.3) is 5.91 Å². The van der Waals surface area contributed by atoms with Gasteiger partial charge < -0.3 is 9.64 Å². The van der Waals surface area contributed by atoms with Crippen molar-refractivity contribution in [3.05, 3.63) is 52.0 Å². The van der Waals surface area contributed by atoms with E-state index < -0.39 is 0 Å². The van der Waals surface area contributed by atoms with Gasteiger partial charge in [-0.2, -0.15) is 0 Å². The molecule has 0 radical (unpaired) electrons. The van der Waals surface area contributed by atoms with Crippen molar-refractivity contribution in [2.24, 2.45) is 0 Å². The third kappa shape index (κ3) is 3.23. The Labute approximate surface area is 150 Å². The highest BCUT2D eigenvalue weighted by molar-refractivity contribution is 8.01. The number of carbonyl (C=O) groups is 1. The summed E-state index contributed by atoms with van der Waals surface area (Å²) in [6, 6.07) is 9.84. The molecular weight excluding hydrogens is 340 g/mol. The van der Waals surface area contributed by atoms with Crippen LogP contribution in [0.1, 0.15) is 26.7 Å². The van der Waals surface area contributed by atoms with E-state index in [-0.39, 0.29) is 16.8 Å². The fourth-order valence-electron chi connectivity index (χ4n) is 3.31. The minimum atomic E-state index is 0.178. The lowest BCUT2D eigenvalue weighted by molar-refractivity contribution is 0.0247. The molecule has 1 unspecified atom stereocenters. The molecule has 24 heavy (non-hydrogen) atoms. The van der Waals surface area contributed by atoms with Gasteiger partial charge in [0.1, 0.15) is 0 Å². The lowest BCUT2D eigenvalue weighted by Crippen LogP contribution is -2.60. The van der Waals surface area contributed by atoms with E-state index in [4.69, 9.17) is 4.74 Å².